The molecule has 0 spiro atoms. The van der Waals surface area contributed by atoms with E-state index in [1.165, 1.54) is 114 Å². The summed E-state index contributed by atoms with van der Waals surface area (Å²) in [6.07, 6.45) is 2.42. The summed E-state index contributed by atoms with van der Waals surface area (Å²) in [6.45, 7) is 4.24. The van der Waals surface area contributed by atoms with E-state index in [4.69, 9.17) is 0 Å². The zero-order valence-electron chi connectivity index (χ0n) is 37.7. The van der Waals surface area contributed by atoms with Gasteiger partial charge in [-0.25, -0.2) is 0 Å². The van der Waals surface area contributed by atoms with Gasteiger partial charge in [0.1, 0.15) is 0 Å². The first-order chi connectivity index (χ1) is 33.8. The Kier molecular flexibility index (Phi) is 8.23. The van der Waals surface area contributed by atoms with E-state index in [2.05, 4.69) is 236 Å². The van der Waals surface area contributed by atoms with Crippen LogP contribution >= 0.6 is 0 Å². The Morgan fingerprint density at radius 2 is 0.559 bits per heavy atom. The van der Waals surface area contributed by atoms with Gasteiger partial charge in [0.2, 0.25) is 0 Å². The number of hydrogen-bond acceptors (Lipinski definition) is 6. The third-order valence-corrected chi connectivity index (χ3v) is 15.5. The highest BCUT2D eigenvalue weighted by molar-refractivity contribution is 7.03. The Morgan fingerprint density at radius 1 is 0.250 bits per heavy atom. The SMILES string of the molecule is c1ccc(N2c3ccccc3B3c4cc5c(cc4N(c4ccccc4)c4cc(N6CCC6)cc2c43)N(c2ccccc2)c2cc(N3CCC3)cc3c2B5c2ccccc2N3c2ccccc2)cc1. The van der Waals surface area contributed by atoms with Gasteiger partial charge in [0, 0.05) is 106 Å². The average molecular weight is 873 g/mol. The van der Waals surface area contributed by atoms with Crippen LogP contribution in [0.5, 0.6) is 0 Å². The molecule has 0 atom stereocenters. The van der Waals surface area contributed by atoms with Gasteiger partial charge in [0.05, 0.1) is 0 Å². The van der Waals surface area contributed by atoms with E-state index in [-0.39, 0.29) is 13.4 Å². The monoisotopic (exact) mass is 872 g/mol. The van der Waals surface area contributed by atoms with Crippen LogP contribution < -0.4 is 62.2 Å². The predicted molar refractivity (Wildman–Crippen MR) is 288 cm³/mol. The van der Waals surface area contributed by atoms with Crippen molar-refractivity contribution < 1.29 is 0 Å². The molecule has 9 aromatic carbocycles. The van der Waals surface area contributed by atoms with Crippen LogP contribution in [0, 0.1) is 0 Å². The summed E-state index contributed by atoms with van der Waals surface area (Å²) < 4.78 is 0. The number of fused-ring (bicyclic) bond motifs is 8. The lowest BCUT2D eigenvalue weighted by atomic mass is 9.30. The number of anilines is 14. The second-order valence-electron chi connectivity index (χ2n) is 19.1. The van der Waals surface area contributed by atoms with Gasteiger partial charge in [-0.3, -0.25) is 0 Å². The zero-order valence-corrected chi connectivity index (χ0v) is 37.7. The summed E-state index contributed by atoms with van der Waals surface area (Å²) >= 11 is 0. The molecule has 0 N–H and O–H groups in total. The maximum absolute atomic E-state index is 2.64. The van der Waals surface area contributed by atoms with Gasteiger partial charge in [-0.1, -0.05) is 115 Å². The van der Waals surface area contributed by atoms with Gasteiger partial charge in [-0.05, 0) is 137 Å². The standard InChI is InChI=1S/C60H46B2N6/c1-5-19-41(20-6-1)65-51-29-15-13-27-47(51)61-49-39-50-54(40-53(49)67(43-23-9-3-10-24-43)57-37-45(63-31-17-32-63)35-55(65)59(57)61)68(44-25-11-4-12-26-44)58-38-46(64-33-18-34-64)36-56-60(58)62(50)48-28-14-16-30-52(48)66(56)42-21-7-2-8-22-42/h1-16,19-30,35-40H,17-18,31-34H2. The quantitative estimate of drug-likeness (QED) is 0.154. The molecule has 6 nitrogen and oxygen atoms in total. The molecule has 0 unspecified atom stereocenters. The first kappa shape index (κ1) is 38.1. The third kappa shape index (κ3) is 5.43. The average Bonchev–Trinajstić information content (AvgIpc) is 3.35. The Hall–Kier alpha value is -8.09. The Morgan fingerprint density at radius 3 is 0.882 bits per heavy atom. The molecule has 2 fully saturated rings. The van der Waals surface area contributed by atoms with E-state index >= 15 is 0 Å². The molecule has 6 aliphatic heterocycles. The third-order valence-electron chi connectivity index (χ3n) is 15.5. The summed E-state index contributed by atoms with van der Waals surface area (Å²) in [5, 5.41) is 0. The van der Waals surface area contributed by atoms with Crippen LogP contribution in [0.3, 0.4) is 0 Å². The molecule has 322 valence electrons. The van der Waals surface area contributed by atoms with Gasteiger partial charge >= 0.3 is 0 Å². The molecule has 0 aromatic heterocycles. The molecule has 6 aliphatic rings. The molecule has 0 radical (unpaired) electrons. The normalized spacial score (nSPS) is 15.6. The molecule has 0 saturated carbocycles. The first-order valence-corrected chi connectivity index (χ1v) is 24.4. The van der Waals surface area contributed by atoms with Gasteiger partial charge in [-0.2, -0.15) is 0 Å². The second kappa shape index (κ2) is 14.7. The number of nitrogens with zero attached hydrogens (tertiary/aromatic N) is 6. The summed E-state index contributed by atoms with van der Waals surface area (Å²) in [7, 11) is 0. The van der Waals surface area contributed by atoms with E-state index in [1.54, 1.807) is 0 Å². The Bertz CT molecular complexity index is 3240. The van der Waals surface area contributed by atoms with Crippen LogP contribution in [-0.2, 0) is 0 Å². The van der Waals surface area contributed by atoms with Gasteiger partial charge in [0.25, 0.3) is 13.4 Å². The van der Waals surface area contributed by atoms with E-state index < -0.39 is 0 Å². The van der Waals surface area contributed by atoms with Crippen molar-refractivity contribution in [3.63, 3.8) is 0 Å². The molecule has 0 amide bonds. The molecule has 8 heteroatoms. The fourth-order valence-corrected chi connectivity index (χ4v) is 12.3. The molecule has 6 heterocycles. The summed E-state index contributed by atoms with van der Waals surface area (Å²) in [6, 6.07) is 77.8. The fraction of sp³-hybridized carbons (Fsp3) is 0.100. The molecule has 9 aromatic rings. The molecular weight excluding hydrogens is 826 g/mol. The number of hydrogen-bond donors (Lipinski definition) is 0. The van der Waals surface area contributed by atoms with Crippen LogP contribution in [0.4, 0.5) is 79.6 Å². The molecule has 0 bridgehead atoms. The fourth-order valence-electron chi connectivity index (χ4n) is 12.3. The van der Waals surface area contributed by atoms with Crippen LogP contribution in [0.2, 0.25) is 0 Å². The highest BCUT2D eigenvalue weighted by atomic mass is 15.2. The van der Waals surface area contributed by atoms with Crippen LogP contribution in [-0.4, -0.2) is 39.6 Å². The number of para-hydroxylation sites is 6. The van der Waals surface area contributed by atoms with Crippen LogP contribution in [0.15, 0.2) is 206 Å². The van der Waals surface area contributed by atoms with E-state index in [1.807, 2.05) is 0 Å². The van der Waals surface area contributed by atoms with E-state index in [9.17, 15) is 0 Å². The Balaban J connectivity index is 1.06. The predicted octanol–water partition coefficient (Wildman–Crippen LogP) is 10.3. The van der Waals surface area contributed by atoms with Crippen molar-refractivity contribution in [2.45, 2.75) is 12.8 Å². The molecule has 68 heavy (non-hydrogen) atoms. The molecular formula is C60H46B2N6. The summed E-state index contributed by atoms with van der Waals surface area (Å²) in [5.41, 5.74) is 25.1. The highest BCUT2D eigenvalue weighted by Crippen LogP contribution is 2.50. The lowest BCUT2D eigenvalue weighted by Gasteiger charge is -2.48. The van der Waals surface area contributed by atoms with Crippen molar-refractivity contribution in [1.82, 2.24) is 0 Å². The largest absolute Gasteiger partial charge is 0.371 e. The molecule has 0 aliphatic carbocycles. The second-order valence-corrected chi connectivity index (χ2v) is 19.1. The number of benzene rings is 9. The minimum absolute atomic E-state index is 0.0126. The number of rotatable bonds is 6. The van der Waals surface area contributed by atoms with Crippen LogP contribution in [0.1, 0.15) is 12.8 Å². The van der Waals surface area contributed by atoms with Crippen molar-refractivity contribution in [2.75, 3.05) is 55.6 Å². The first-order valence-electron chi connectivity index (χ1n) is 24.4. The van der Waals surface area contributed by atoms with Gasteiger partial charge < -0.3 is 29.4 Å². The maximum atomic E-state index is 2.64. The van der Waals surface area contributed by atoms with Crippen molar-refractivity contribution in [1.29, 1.82) is 0 Å². The lowest BCUT2D eigenvalue weighted by Crippen LogP contribution is -2.65. The summed E-state index contributed by atoms with van der Waals surface area (Å²) in [5.74, 6) is 0. The topological polar surface area (TPSA) is 19.4 Å². The minimum atomic E-state index is -0.0126. The maximum Gasteiger partial charge on any atom is 0.252 e. The van der Waals surface area contributed by atoms with E-state index in [0.29, 0.717) is 0 Å². The van der Waals surface area contributed by atoms with Gasteiger partial charge in [-0.15, -0.1) is 0 Å². The van der Waals surface area contributed by atoms with Crippen molar-refractivity contribution >= 4 is 126 Å². The van der Waals surface area contributed by atoms with Crippen LogP contribution in [0.25, 0.3) is 0 Å². The van der Waals surface area contributed by atoms with Crippen molar-refractivity contribution in [3.8, 4) is 0 Å². The minimum Gasteiger partial charge on any atom is -0.371 e. The Labute approximate surface area is 398 Å². The smallest absolute Gasteiger partial charge is 0.252 e. The lowest BCUT2D eigenvalue weighted by molar-refractivity contribution is 0.618. The summed E-state index contributed by atoms with van der Waals surface area (Å²) in [4.78, 5) is 15.4. The van der Waals surface area contributed by atoms with Crippen molar-refractivity contribution in [3.05, 3.63) is 206 Å². The molecule has 15 rings (SSSR count). The zero-order chi connectivity index (χ0) is 44.5. The van der Waals surface area contributed by atoms with E-state index in [0.717, 1.165) is 37.6 Å². The van der Waals surface area contributed by atoms with Gasteiger partial charge in [0.15, 0.2) is 0 Å². The highest BCUT2D eigenvalue weighted by Gasteiger charge is 2.48. The molecule has 2 saturated heterocycles. The van der Waals surface area contributed by atoms with Crippen molar-refractivity contribution in [2.24, 2.45) is 0 Å².